The Balaban J connectivity index is 2.08. The molecule has 1 aliphatic rings. The molecule has 0 radical (unpaired) electrons. The van der Waals surface area contributed by atoms with E-state index < -0.39 is 5.60 Å². The van der Waals surface area contributed by atoms with Crippen molar-refractivity contribution in [1.29, 1.82) is 0 Å². The van der Waals surface area contributed by atoms with Crippen LogP contribution in [0.25, 0.3) is 12.2 Å². The maximum atomic E-state index is 11.5. The molecule has 0 aliphatic heterocycles. The van der Waals surface area contributed by atoms with Gasteiger partial charge < -0.3 is 10.0 Å². The summed E-state index contributed by atoms with van der Waals surface area (Å²) in [5, 5.41) is 11.5. The minimum absolute atomic E-state index is 0.661. The highest BCUT2D eigenvalue weighted by Gasteiger charge is 2.36. The van der Waals surface area contributed by atoms with Crippen LogP contribution in [0.1, 0.15) is 35.2 Å². The molecule has 22 heavy (non-hydrogen) atoms. The van der Waals surface area contributed by atoms with Crippen LogP contribution in [0.4, 0.5) is 0 Å². The summed E-state index contributed by atoms with van der Waals surface area (Å²) >= 11 is 0. The van der Waals surface area contributed by atoms with E-state index in [1.165, 1.54) is 0 Å². The lowest BCUT2D eigenvalue weighted by Gasteiger charge is -2.30. The molecule has 0 fully saturated rings. The van der Waals surface area contributed by atoms with Crippen molar-refractivity contribution in [2.75, 3.05) is 20.6 Å². The summed E-state index contributed by atoms with van der Waals surface area (Å²) in [4.78, 5) is 6.66. The summed E-state index contributed by atoms with van der Waals surface area (Å²) in [6, 6.07) is 12.0. The number of benzene rings is 1. The van der Waals surface area contributed by atoms with Crippen LogP contribution >= 0.6 is 0 Å². The van der Waals surface area contributed by atoms with Gasteiger partial charge in [-0.3, -0.25) is 4.98 Å². The summed E-state index contributed by atoms with van der Waals surface area (Å²) < 4.78 is 0. The number of hydrogen-bond acceptors (Lipinski definition) is 3. The van der Waals surface area contributed by atoms with E-state index in [2.05, 4.69) is 36.1 Å². The molecule has 1 heterocycles. The fourth-order valence-electron chi connectivity index (χ4n) is 3.13. The molecule has 1 N–H and O–H groups in total. The molecule has 1 aromatic carbocycles. The number of fused-ring (bicyclic) bond motifs is 2. The molecule has 1 atom stereocenters. The van der Waals surface area contributed by atoms with Gasteiger partial charge in [-0.15, -0.1) is 0 Å². The maximum Gasteiger partial charge on any atom is 0.133 e. The van der Waals surface area contributed by atoms with Crippen molar-refractivity contribution in [3.8, 4) is 0 Å². The number of nitrogens with zero attached hydrogens (tertiary/aromatic N) is 2. The molecule has 0 spiro atoms. The Hall–Kier alpha value is -1.97. The predicted octanol–water partition coefficient (Wildman–Crippen LogP) is 3.14. The number of pyridine rings is 1. The van der Waals surface area contributed by atoms with Crippen molar-refractivity contribution >= 4 is 12.2 Å². The first kappa shape index (κ1) is 14.9. The molecular weight excluding hydrogens is 272 g/mol. The van der Waals surface area contributed by atoms with Crippen molar-refractivity contribution in [2.45, 2.75) is 18.4 Å². The predicted molar refractivity (Wildman–Crippen MR) is 90.4 cm³/mol. The molecule has 0 saturated heterocycles. The number of aliphatic hydroxyl groups is 1. The van der Waals surface area contributed by atoms with Crippen LogP contribution < -0.4 is 0 Å². The van der Waals surface area contributed by atoms with Gasteiger partial charge in [0.1, 0.15) is 5.60 Å². The van der Waals surface area contributed by atoms with Crippen molar-refractivity contribution in [3.05, 3.63) is 65.0 Å². The second kappa shape index (κ2) is 6.03. The summed E-state index contributed by atoms with van der Waals surface area (Å²) in [7, 11) is 4.11. The highest BCUT2D eigenvalue weighted by Crippen LogP contribution is 2.39. The van der Waals surface area contributed by atoms with Gasteiger partial charge in [0.25, 0.3) is 0 Å². The van der Waals surface area contributed by atoms with Gasteiger partial charge in [0, 0.05) is 6.20 Å². The van der Waals surface area contributed by atoms with Gasteiger partial charge >= 0.3 is 0 Å². The summed E-state index contributed by atoms with van der Waals surface area (Å²) in [5.41, 5.74) is 2.73. The Morgan fingerprint density at radius 1 is 1.05 bits per heavy atom. The first-order valence-electron chi connectivity index (χ1n) is 7.71. The Labute approximate surface area is 131 Å². The van der Waals surface area contributed by atoms with E-state index in [0.29, 0.717) is 6.42 Å². The molecule has 3 heteroatoms. The molecule has 1 aromatic heterocycles. The monoisotopic (exact) mass is 294 g/mol. The fraction of sp³-hybridized carbons (Fsp3) is 0.316. The van der Waals surface area contributed by atoms with Crippen molar-refractivity contribution in [3.63, 3.8) is 0 Å². The number of aromatic nitrogens is 1. The second-order valence-electron chi connectivity index (χ2n) is 6.13. The molecular formula is C19H22N2O. The third kappa shape index (κ3) is 2.70. The Morgan fingerprint density at radius 3 is 2.59 bits per heavy atom. The van der Waals surface area contributed by atoms with Crippen LogP contribution in [0.5, 0.6) is 0 Å². The average Bonchev–Trinajstić information content (AvgIpc) is 2.64. The lowest BCUT2D eigenvalue weighted by molar-refractivity contribution is 0.0618. The number of rotatable bonds is 4. The molecule has 3 rings (SSSR count). The van der Waals surface area contributed by atoms with E-state index in [9.17, 15) is 5.11 Å². The van der Waals surface area contributed by atoms with Gasteiger partial charge in [0.2, 0.25) is 0 Å². The lowest BCUT2D eigenvalue weighted by Crippen LogP contribution is -2.31. The fourth-order valence-corrected chi connectivity index (χ4v) is 3.13. The Morgan fingerprint density at radius 2 is 1.77 bits per heavy atom. The van der Waals surface area contributed by atoms with E-state index >= 15 is 0 Å². The molecule has 0 saturated carbocycles. The smallest absolute Gasteiger partial charge is 0.133 e. The summed E-state index contributed by atoms with van der Waals surface area (Å²) in [6.45, 7) is 0.945. The van der Waals surface area contributed by atoms with Gasteiger partial charge in [0.05, 0.1) is 5.69 Å². The van der Waals surface area contributed by atoms with E-state index in [-0.39, 0.29) is 0 Å². The molecule has 114 valence electrons. The molecule has 0 amide bonds. The normalized spacial score (nSPS) is 19.6. The van der Waals surface area contributed by atoms with E-state index in [1.807, 2.05) is 36.4 Å². The highest BCUT2D eigenvalue weighted by molar-refractivity contribution is 5.76. The average molecular weight is 294 g/mol. The van der Waals surface area contributed by atoms with Gasteiger partial charge in [0.15, 0.2) is 0 Å². The Kier molecular flexibility index (Phi) is 4.10. The van der Waals surface area contributed by atoms with Crippen molar-refractivity contribution in [1.82, 2.24) is 9.88 Å². The van der Waals surface area contributed by atoms with E-state index in [4.69, 9.17) is 0 Å². The molecule has 0 unspecified atom stereocenters. The minimum atomic E-state index is -1.04. The van der Waals surface area contributed by atoms with Crippen LogP contribution in [0.3, 0.4) is 0 Å². The molecule has 3 nitrogen and oxygen atoms in total. The molecule has 0 bridgehead atoms. The third-order valence-corrected chi connectivity index (χ3v) is 4.22. The summed E-state index contributed by atoms with van der Waals surface area (Å²) in [6.07, 6.45) is 7.45. The van der Waals surface area contributed by atoms with Crippen LogP contribution in [0, 0.1) is 0 Å². The van der Waals surface area contributed by atoms with E-state index in [1.54, 1.807) is 6.20 Å². The SMILES string of the molecule is CN(C)CCC[C@]1(O)c2ccccc2C=Cc2cccnc21. The molecule has 2 aromatic rings. The largest absolute Gasteiger partial charge is 0.379 e. The van der Waals surface area contributed by atoms with Crippen LogP contribution in [-0.4, -0.2) is 35.6 Å². The topological polar surface area (TPSA) is 36.4 Å². The van der Waals surface area contributed by atoms with Gasteiger partial charge in [-0.2, -0.15) is 0 Å². The van der Waals surface area contributed by atoms with Crippen LogP contribution in [-0.2, 0) is 5.60 Å². The zero-order valence-electron chi connectivity index (χ0n) is 13.2. The van der Waals surface area contributed by atoms with Gasteiger partial charge in [-0.25, -0.2) is 0 Å². The lowest BCUT2D eigenvalue weighted by atomic mass is 9.83. The van der Waals surface area contributed by atoms with E-state index in [0.717, 1.165) is 35.3 Å². The summed E-state index contributed by atoms with van der Waals surface area (Å²) in [5.74, 6) is 0. The zero-order valence-corrected chi connectivity index (χ0v) is 13.2. The second-order valence-corrected chi connectivity index (χ2v) is 6.13. The zero-order chi connectivity index (χ0) is 15.6. The van der Waals surface area contributed by atoms with Crippen molar-refractivity contribution < 1.29 is 5.11 Å². The standard InChI is InChI=1S/C19H22N2O/c1-21(2)14-6-12-19(22)17-9-4-3-7-15(17)10-11-16-8-5-13-20-18(16)19/h3-5,7-11,13,22H,6,12,14H2,1-2H3/t19-/m0/s1. The van der Waals surface area contributed by atoms with Crippen molar-refractivity contribution in [2.24, 2.45) is 0 Å². The Bertz CT molecular complexity index is 642. The first-order valence-corrected chi connectivity index (χ1v) is 7.71. The van der Waals surface area contributed by atoms with Gasteiger partial charge in [-0.1, -0.05) is 42.5 Å². The molecule has 1 aliphatic carbocycles. The van der Waals surface area contributed by atoms with Crippen LogP contribution in [0.2, 0.25) is 0 Å². The third-order valence-electron chi connectivity index (χ3n) is 4.22. The van der Waals surface area contributed by atoms with Crippen LogP contribution in [0.15, 0.2) is 42.6 Å². The highest BCUT2D eigenvalue weighted by atomic mass is 16.3. The minimum Gasteiger partial charge on any atom is -0.379 e. The maximum absolute atomic E-state index is 11.5. The van der Waals surface area contributed by atoms with Gasteiger partial charge in [-0.05, 0) is 56.2 Å². The number of hydrogen-bond donors (Lipinski definition) is 1. The first-order chi connectivity index (χ1) is 10.6. The quantitative estimate of drug-likeness (QED) is 0.941.